The predicted molar refractivity (Wildman–Crippen MR) is 154 cm³/mol. The number of para-hydroxylation sites is 2. The Morgan fingerprint density at radius 3 is 1.68 bits per heavy atom. The van der Waals surface area contributed by atoms with Crippen LogP contribution in [-0.2, 0) is 53.8 Å². The van der Waals surface area contributed by atoms with E-state index in [2.05, 4.69) is 0 Å². The van der Waals surface area contributed by atoms with E-state index in [4.69, 9.17) is 37.3 Å². The Balaban J connectivity index is 1.72. The fourth-order valence-corrected chi connectivity index (χ4v) is 5.62. The van der Waals surface area contributed by atoms with Crippen LogP contribution in [-0.4, -0.2) is 55.2 Å². The van der Waals surface area contributed by atoms with Crippen molar-refractivity contribution in [3.05, 3.63) is 96.6 Å². The highest BCUT2D eigenvalue weighted by molar-refractivity contribution is 7.49. The van der Waals surface area contributed by atoms with Gasteiger partial charge in [0.1, 0.15) is 30.3 Å². The second-order valence-corrected chi connectivity index (χ2v) is 11.1. The second-order valence-electron chi connectivity index (χ2n) is 9.62. The summed E-state index contributed by atoms with van der Waals surface area (Å²) in [6.45, 7) is 3.16. The Bertz CT molecular complexity index is 1370. The molecule has 1 fully saturated rings. The molecule has 234 valence electrons. The van der Waals surface area contributed by atoms with Crippen LogP contribution in [0.25, 0.3) is 0 Å². The van der Waals surface area contributed by atoms with E-state index in [1.54, 1.807) is 36.4 Å². The van der Waals surface area contributed by atoms with Crippen molar-refractivity contribution in [1.29, 1.82) is 0 Å². The standard InChI is InChI=1S/C31H33O12P/c1-21(32)36-20-27-28(37-19-24-13-7-4-8-14-24)29(38-22(2)33)30(39-23(3)34)31(40-27)43-44(35,41-25-15-9-5-10-16-25)42-26-17-11-6-12-18-26/h4-18,27-31H,19-20H2,1-3H3/t27-,28-,29+,30+,31+/m1/s1. The lowest BCUT2D eigenvalue weighted by molar-refractivity contribution is -0.296. The van der Waals surface area contributed by atoms with E-state index in [9.17, 15) is 18.9 Å². The zero-order chi connectivity index (χ0) is 31.5. The van der Waals surface area contributed by atoms with Crippen LogP contribution in [0.2, 0.25) is 0 Å². The smallest absolute Gasteiger partial charge is 0.463 e. The zero-order valence-electron chi connectivity index (χ0n) is 24.3. The van der Waals surface area contributed by atoms with Gasteiger partial charge in [0, 0.05) is 20.8 Å². The summed E-state index contributed by atoms with van der Waals surface area (Å²) in [5, 5.41) is 0. The Hall–Kier alpha value is -4.22. The molecule has 1 heterocycles. The van der Waals surface area contributed by atoms with Crippen LogP contribution in [0, 0.1) is 0 Å². The molecule has 3 aromatic rings. The highest BCUT2D eigenvalue weighted by Gasteiger charge is 2.54. The first-order chi connectivity index (χ1) is 21.1. The lowest BCUT2D eigenvalue weighted by Gasteiger charge is -2.44. The quantitative estimate of drug-likeness (QED) is 0.143. The van der Waals surface area contributed by atoms with Crippen molar-refractivity contribution in [2.75, 3.05) is 6.61 Å². The molecule has 1 aliphatic rings. The van der Waals surface area contributed by atoms with Gasteiger partial charge >= 0.3 is 25.7 Å². The molecule has 0 saturated carbocycles. The summed E-state index contributed by atoms with van der Waals surface area (Å²) in [6, 6.07) is 25.3. The van der Waals surface area contributed by atoms with Gasteiger partial charge in [-0.25, -0.2) is 9.09 Å². The van der Waals surface area contributed by atoms with Gasteiger partial charge in [0.05, 0.1) is 6.61 Å². The summed E-state index contributed by atoms with van der Waals surface area (Å²) in [7, 11) is -4.63. The summed E-state index contributed by atoms with van der Waals surface area (Å²) in [6.07, 6.45) is -6.87. The number of phosphoric acid groups is 1. The number of rotatable bonds is 13. The molecule has 0 bridgehead atoms. The van der Waals surface area contributed by atoms with Gasteiger partial charge in [0.2, 0.25) is 6.29 Å². The fraction of sp³-hybridized carbons (Fsp3) is 0.323. The molecule has 0 spiro atoms. The van der Waals surface area contributed by atoms with Gasteiger partial charge in [0.25, 0.3) is 0 Å². The van der Waals surface area contributed by atoms with E-state index in [-0.39, 0.29) is 24.7 Å². The van der Waals surface area contributed by atoms with Crippen molar-refractivity contribution in [2.24, 2.45) is 0 Å². The van der Waals surface area contributed by atoms with Crippen LogP contribution < -0.4 is 9.05 Å². The fourth-order valence-electron chi connectivity index (χ4n) is 4.32. The minimum Gasteiger partial charge on any atom is -0.463 e. The average molecular weight is 629 g/mol. The molecule has 13 heteroatoms. The van der Waals surface area contributed by atoms with Crippen molar-refractivity contribution in [2.45, 2.75) is 58.1 Å². The van der Waals surface area contributed by atoms with Crippen molar-refractivity contribution >= 4 is 25.7 Å². The van der Waals surface area contributed by atoms with Gasteiger partial charge in [-0.1, -0.05) is 66.7 Å². The summed E-state index contributed by atoms with van der Waals surface area (Å²) in [5.74, 6) is -1.86. The molecule has 0 aromatic heterocycles. The normalized spacial score (nSPS) is 21.5. The second kappa shape index (κ2) is 15.5. The lowest BCUT2D eigenvalue weighted by atomic mass is 9.98. The molecule has 1 saturated heterocycles. The third-order valence-electron chi connectivity index (χ3n) is 6.09. The molecule has 0 unspecified atom stereocenters. The Labute approximate surface area is 254 Å². The van der Waals surface area contributed by atoms with Gasteiger partial charge in [0.15, 0.2) is 12.2 Å². The zero-order valence-corrected chi connectivity index (χ0v) is 25.2. The van der Waals surface area contributed by atoms with E-state index >= 15 is 0 Å². The van der Waals surface area contributed by atoms with Crippen molar-refractivity contribution in [3.63, 3.8) is 0 Å². The molecule has 0 N–H and O–H groups in total. The van der Waals surface area contributed by atoms with Crippen LogP contribution in [0.4, 0.5) is 0 Å². The van der Waals surface area contributed by atoms with Crippen molar-refractivity contribution < 1.29 is 56.2 Å². The van der Waals surface area contributed by atoms with E-state index in [0.717, 1.165) is 19.4 Å². The molecule has 44 heavy (non-hydrogen) atoms. The van der Waals surface area contributed by atoms with Crippen LogP contribution in [0.5, 0.6) is 11.5 Å². The van der Waals surface area contributed by atoms with Crippen LogP contribution in [0.3, 0.4) is 0 Å². The molecule has 5 atom stereocenters. The first-order valence-electron chi connectivity index (χ1n) is 13.7. The number of hydrogen-bond donors (Lipinski definition) is 0. The number of hydrogen-bond acceptors (Lipinski definition) is 12. The van der Waals surface area contributed by atoms with E-state index < -0.39 is 56.4 Å². The summed E-state index contributed by atoms with van der Waals surface area (Å²) >= 11 is 0. The van der Waals surface area contributed by atoms with E-state index in [0.29, 0.717) is 0 Å². The Morgan fingerprint density at radius 1 is 0.682 bits per heavy atom. The van der Waals surface area contributed by atoms with Gasteiger partial charge in [-0.3, -0.25) is 14.4 Å². The third-order valence-corrected chi connectivity index (χ3v) is 7.42. The minimum absolute atomic E-state index is 0.0360. The SMILES string of the molecule is CC(=O)OC[C@H]1O[C@@H](OP(=O)(Oc2ccccc2)Oc2ccccc2)[C@@H](OC(C)=O)[C@@H](OC(C)=O)[C@@H]1OCc1ccccc1. The lowest BCUT2D eigenvalue weighted by Crippen LogP contribution is -2.62. The molecule has 3 aromatic carbocycles. The molecule has 0 aliphatic carbocycles. The number of phosphoric ester groups is 1. The summed E-state index contributed by atoms with van der Waals surface area (Å²) in [4.78, 5) is 36.4. The maximum Gasteiger partial charge on any atom is 0.590 e. The Morgan fingerprint density at radius 2 is 1.18 bits per heavy atom. The summed E-state index contributed by atoms with van der Waals surface area (Å²) < 4.78 is 60.2. The van der Waals surface area contributed by atoms with Gasteiger partial charge in [-0.15, -0.1) is 0 Å². The largest absolute Gasteiger partial charge is 0.590 e. The van der Waals surface area contributed by atoms with Gasteiger partial charge in [-0.05, 0) is 29.8 Å². The molecule has 12 nitrogen and oxygen atoms in total. The van der Waals surface area contributed by atoms with Crippen LogP contribution >= 0.6 is 7.82 Å². The molecule has 1 aliphatic heterocycles. The number of esters is 3. The number of ether oxygens (including phenoxy) is 5. The number of carbonyl (C=O) groups excluding carboxylic acids is 3. The van der Waals surface area contributed by atoms with Crippen LogP contribution in [0.1, 0.15) is 26.3 Å². The predicted octanol–water partition coefficient (Wildman–Crippen LogP) is 5.01. The minimum atomic E-state index is -4.63. The molecule has 4 rings (SSSR count). The molecule has 0 amide bonds. The first-order valence-corrected chi connectivity index (χ1v) is 15.1. The van der Waals surface area contributed by atoms with Crippen molar-refractivity contribution in [3.8, 4) is 11.5 Å². The van der Waals surface area contributed by atoms with Gasteiger partial charge < -0.3 is 32.7 Å². The first kappa shape index (κ1) is 32.7. The number of benzene rings is 3. The van der Waals surface area contributed by atoms with E-state index in [1.807, 2.05) is 30.3 Å². The average Bonchev–Trinajstić information content (AvgIpc) is 2.98. The topological polar surface area (TPSA) is 142 Å². The third kappa shape index (κ3) is 9.65. The molecular weight excluding hydrogens is 595 g/mol. The van der Waals surface area contributed by atoms with E-state index in [1.165, 1.54) is 31.2 Å². The monoisotopic (exact) mass is 628 g/mol. The van der Waals surface area contributed by atoms with Crippen molar-refractivity contribution in [1.82, 2.24) is 0 Å². The number of carbonyl (C=O) groups is 3. The maximum absolute atomic E-state index is 14.2. The highest BCUT2D eigenvalue weighted by atomic mass is 31.2. The Kier molecular flexibility index (Phi) is 11.5. The molecule has 0 radical (unpaired) electrons. The molecular formula is C31H33O12P. The van der Waals surface area contributed by atoms with Gasteiger partial charge in [-0.2, -0.15) is 0 Å². The maximum atomic E-state index is 14.2. The van der Waals surface area contributed by atoms with Crippen LogP contribution in [0.15, 0.2) is 91.0 Å². The summed E-state index contributed by atoms with van der Waals surface area (Å²) in [5.41, 5.74) is 0.778. The highest BCUT2D eigenvalue weighted by Crippen LogP contribution is 2.52.